The maximum Gasteiger partial charge on any atom is 0.375 e. The second-order valence-corrected chi connectivity index (χ2v) is 3.43. The Morgan fingerprint density at radius 3 is 2.84 bits per heavy atom. The van der Waals surface area contributed by atoms with Crippen molar-refractivity contribution in [1.29, 1.82) is 0 Å². The first kappa shape index (κ1) is 13.0. The van der Waals surface area contributed by atoms with E-state index >= 15 is 0 Å². The summed E-state index contributed by atoms with van der Waals surface area (Å²) in [6, 6.07) is 0. The molecule has 0 spiro atoms. The number of carbonyl (C=O) groups is 1. The Bertz CT molecular complexity index is 568. The summed E-state index contributed by atoms with van der Waals surface area (Å²) in [6.45, 7) is 4.32. The first-order valence-corrected chi connectivity index (χ1v) is 5.82. The largest absolute Gasteiger partial charge is 0.477 e. The van der Waals surface area contributed by atoms with Crippen molar-refractivity contribution in [1.82, 2.24) is 15.0 Å². The van der Waals surface area contributed by atoms with Crippen molar-refractivity contribution in [2.45, 2.75) is 13.8 Å². The topological polar surface area (TPSA) is 87.3 Å². The van der Waals surface area contributed by atoms with Gasteiger partial charge in [0, 0.05) is 0 Å². The number of esters is 1. The number of aromatic nitrogens is 3. The maximum atomic E-state index is 11.4. The average molecular weight is 263 g/mol. The third-order valence-corrected chi connectivity index (χ3v) is 2.11. The summed E-state index contributed by atoms with van der Waals surface area (Å²) < 4.78 is 15.3. The van der Waals surface area contributed by atoms with E-state index in [-0.39, 0.29) is 18.3 Å². The van der Waals surface area contributed by atoms with Gasteiger partial charge in [-0.25, -0.2) is 14.8 Å². The van der Waals surface area contributed by atoms with Crippen molar-refractivity contribution in [3.05, 3.63) is 24.4 Å². The van der Waals surface area contributed by atoms with Crippen LogP contribution in [0, 0.1) is 0 Å². The fraction of sp³-hybridized carbons (Fsp3) is 0.333. The van der Waals surface area contributed by atoms with Crippen LogP contribution < -0.4 is 4.74 Å². The van der Waals surface area contributed by atoms with Gasteiger partial charge in [-0.2, -0.15) is 0 Å². The number of ether oxygens (including phenoxy) is 2. The highest BCUT2D eigenvalue weighted by molar-refractivity contribution is 5.86. The number of hydrogen-bond acceptors (Lipinski definition) is 7. The van der Waals surface area contributed by atoms with Gasteiger partial charge < -0.3 is 13.9 Å². The zero-order valence-electron chi connectivity index (χ0n) is 10.6. The normalized spacial score (nSPS) is 10.2. The Balaban J connectivity index is 2.22. The van der Waals surface area contributed by atoms with Gasteiger partial charge in [0.2, 0.25) is 17.5 Å². The van der Waals surface area contributed by atoms with Gasteiger partial charge in [0.1, 0.15) is 5.69 Å². The molecule has 0 bridgehead atoms. The van der Waals surface area contributed by atoms with Crippen LogP contribution in [0.25, 0.3) is 11.6 Å². The molecule has 7 nitrogen and oxygen atoms in total. The Morgan fingerprint density at radius 1 is 1.26 bits per heavy atom. The van der Waals surface area contributed by atoms with Crippen LogP contribution in [0.2, 0.25) is 0 Å². The van der Waals surface area contributed by atoms with Crippen molar-refractivity contribution in [2.24, 2.45) is 0 Å². The fourth-order valence-electron chi connectivity index (χ4n) is 1.36. The fourth-order valence-corrected chi connectivity index (χ4v) is 1.36. The molecule has 2 heterocycles. The van der Waals surface area contributed by atoms with Gasteiger partial charge in [0.25, 0.3) is 0 Å². The molecule has 0 atom stereocenters. The molecule has 0 aliphatic rings. The minimum absolute atomic E-state index is 0.0282. The Hall–Kier alpha value is -2.44. The highest BCUT2D eigenvalue weighted by atomic mass is 16.5. The van der Waals surface area contributed by atoms with Crippen molar-refractivity contribution < 1.29 is 18.7 Å². The molecule has 0 radical (unpaired) electrons. The van der Waals surface area contributed by atoms with Crippen LogP contribution in [0.4, 0.5) is 0 Å². The molecular weight excluding hydrogens is 250 g/mol. The molecular formula is C12H13N3O4. The minimum atomic E-state index is -0.560. The van der Waals surface area contributed by atoms with Gasteiger partial charge in [0.15, 0.2) is 0 Å². The van der Waals surface area contributed by atoms with E-state index in [9.17, 15) is 4.79 Å². The summed E-state index contributed by atoms with van der Waals surface area (Å²) >= 11 is 0. The maximum absolute atomic E-state index is 11.4. The number of hydrogen-bond donors (Lipinski definition) is 0. The van der Waals surface area contributed by atoms with E-state index in [4.69, 9.17) is 13.9 Å². The molecule has 2 rings (SSSR count). The highest BCUT2D eigenvalue weighted by Gasteiger charge is 2.15. The van der Waals surface area contributed by atoms with E-state index < -0.39 is 5.97 Å². The van der Waals surface area contributed by atoms with Gasteiger partial charge in [-0.3, -0.25) is 4.98 Å². The molecule has 0 saturated carbocycles. The van der Waals surface area contributed by atoms with Crippen LogP contribution in [0.5, 0.6) is 5.88 Å². The zero-order chi connectivity index (χ0) is 13.7. The van der Waals surface area contributed by atoms with E-state index in [0.717, 1.165) is 0 Å². The van der Waals surface area contributed by atoms with Crippen LogP contribution in [-0.4, -0.2) is 34.1 Å². The van der Waals surface area contributed by atoms with Crippen molar-refractivity contribution >= 4 is 5.97 Å². The lowest BCUT2D eigenvalue weighted by atomic mass is 10.4. The van der Waals surface area contributed by atoms with Gasteiger partial charge in [-0.1, -0.05) is 0 Å². The molecule has 0 fully saturated rings. The van der Waals surface area contributed by atoms with Gasteiger partial charge >= 0.3 is 5.97 Å². The molecule has 7 heteroatoms. The van der Waals surface area contributed by atoms with E-state index in [1.54, 1.807) is 6.92 Å². The lowest BCUT2D eigenvalue weighted by molar-refractivity contribution is 0.0491. The number of rotatable bonds is 5. The Labute approximate surface area is 109 Å². The second kappa shape index (κ2) is 5.94. The predicted molar refractivity (Wildman–Crippen MR) is 64.7 cm³/mol. The van der Waals surface area contributed by atoms with Gasteiger partial charge in [-0.15, -0.1) is 0 Å². The summed E-state index contributed by atoms with van der Waals surface area (Å²) in [4.78, 5) is 23.5. The first-order valence-electron chi connectivity index (χ1n) is 5.82. The average Bonchev–Trinajstić information content (AvgIpc) is 2.89. The first-order chi connectivity index (χ1) is 9.24. The molecule has 0 aliphatic carbocycles. The Kier molecular flexibility index (Phi) is 4.07. The SMILES string of the molecule is CCOC(=O)c1cnc(-c2cncc(OCC)n2)o1. The van der Waals surface area contributed by atoms with Crippen molar-refractivity contribution in [3.8, 4) is 17.5 Å². The van der Waals surface area contributed by atoms with Crippen LogP contribution in [0.1, 0.15) is 24.4 Å². The smallest absolute Gasteiger partial charge is 0.375 e. The molecule has 0 amide bonds. The number of carbonyl (C=O) groups excluding carboxylic acids is 1. The molecule has 2 aromatic rings. The molecule has 0 N–H and O–H groups in total. The summed E-state index contributed by atoms with van der Waals surface area (Å²) in [6.07, 6.45) is 4.26. The monoisotopic (exact) mass is 263 g/mol. The molecule has 19 heavy (non-hydrogen) atoms. The lowest BCUT2D eigenvalue weighted by Gasteiger charge is -2.01. The van der Waals surface area contributed by atoms with Crippen LogP contribution in [0.15, 0.2) is 23.0 Å². The lowest BCUT2D eigenvalue weighted by Crippen LogP contribution is -2.02. The van der Waals surface area contributed by atoms with Crippen LogP contribution in [-0.2, 0) is 4.74 Å². The second-order valence-electron chi connectivity index (χ2n) is 3.43. The summed E-state index contributed by atoms with van der Waals surface area (Å²) in [5.74, 6) is 0.0311. The standard InChI is InChI=1S/C12H13N3O4/c1-3-17-10-7-13-5-8(15-10)11-14-6-9(19-11)12(16)18-4-2/h5-7H,3-4H2,1-2H3. The minimum Gasteiger partial charge on any atom is -0.477 e. The molecule has 2 aromatic heterocycles. The van der Waals surface area contributed by atoms with E-state index in [0.29, 0.717) is 18.2 Å². The van der Waals surface area contributed by atoms with Crippen LogP contribution >= 0.6 is 0 Å². The van der Waals surface area contributed by atoms with Crippen molar-refractivity contribution in [3.63, 3.8) is 0 Å². The molecule has 0 aromatic carbocycles. The summed E-state index contributed by atoms with van der Waals surface area (Å²) in [5.41, 5.74) is 0.390. The molecule has 100 valence electrons. The summed E-state index contributed by atoms with van der Waals surface area (Å²) in [7, 11) is 0. The Morgan fingerprint density at radius 2 is 2.11 bits per heavy atom. The van der Waals surface area contributed by atoms with Gasteiger partial charge in [-0.05, 0) is 13.8 Å². The quantitative estimate of drug-likeness (QED) is 0.758. The van der Waals surface area contributed by atoms with Crippen LogP contribution in [0.3, 0.4) is 0 Å². The van der Waals surface area contributed by atoms with Crippen molar-refractivity contribution in [2.75, 3.05) is 13.2 Å². The third-order valence-electron chi connectivity index (χ3n) is 2.11. The third kappa shape index (κ3) is 3.06. The van der Waals surface area contributed by atoms with Gasteiger partial charge in [0.05, 0.1) is 31.8 Å². The van der Waals surface area contributed by atoms with E-state index in [1.165, 1.54) is 18.6 Å². The highest BCUT2D eigenvalue weighted by Crippen LogP contribution is 2.18. The molecule has 0 saturated heterocycles. The number of nitrogens with zero attached hydrogens (tertiary/aromatic N) is 3. The zero-order valence-corrected chi connectivity index (χ0v) is 10.6. The molecule has 0 unspecified atom stereocenters. The summed E-state index contributed by atoms with van der Waals surface area (Å²) in [5, 5.41) is 0. The number of oxazole rings is 1. The van der Waals surface area contributed by atoms with E-state index in [2.05, 4.69) is 15.0 Å². The molecule has 0 aliphatic heterocycles. The predicted octanol–water partition coefficient (Wildman–Crippen LogP) is 1.71. The van der Waals surface area contributed by atoms with E-state index in [1.807, 2.05) is 6.92 Å².